The maximum atomic E-state index is 14.2. The van der Waals surface area contributed by atoms with Crippen molar-refractivity contribution in [3.8, 4) is 0 Å². The SMILES string of the molecule is CC(C)[C@H](NCC(O)CO)C(=O)N(C(=O)OC(C)(C)C)C(=O)[C@H](Cc1ccccc1)C[C@H](O)[C@@H](N)Cc1ccccc1. The van der Waals surface area contributed by atoms with Gasteiger partial charge in [0, 0.05) is 18.5 Å². The van der Waals surface area contributed by atoms with E-state index in [2.05, 4.69) is 5.32 Å². The van der Waals surface area contributed by atoms with Crippen LogP contribution in [0.4, 0.5) is 4.79 Å². The van der Waals surface area contributed by atoms with Crippen molar-refractivity contribution in [1.29, 1.82) is 0 Å². The van der Waals surface area contributed by atoms with Crippen LogP contribution in [-0.4, -0.2) is 81.2 Å². The zero-order chi connectivity index (χ0) is 31.4. The normalized spacial score (nSPS) is 15.4. The summed E-state index contributed by atoms with van der Waals surface area (Å²) in [4.78, 5) is 42.0. The molecule has 0 aromatic heterocycles. The molecule has 2 rings (SSSR count). The number of carbonyl (C=O) groups excluding carboxylic acids is 3. The lowest BCUT2D eigenvalue weighted by atomic mass is 9.88. The van der Waals surface area contributed by atoms with Gasteiger partial charge in [-0.05, 0) is 57.1 Å². The van der Waals surface area contributed by atoms with Gasteiger partial charge in [-0.25, -0.2) is 4.79 Å². The van der Waals surface area contributed by atoms with Crippen LogP contribution in [0.3, 0.4) is 0 Å². The van der Waals surface area contributed by atoms with Crippen LogP contribution in [0, 0.1) is 11.8 Å². The van der Waals surface area contributed by atoms with E-state index < -0.39 is 66.2 Å². The van der Waals surface area contributed by atoms with Crippen LogP contribution in [0.5, 0.6) is 0 Å². The third-order valence-corrected chi connectivity index (χ3v) is 6.74. The molecular formula is C32H47N3O7. The van der Waals surface area contributed by atoms with E-state index in [0.717, 1.165) is 11.1 Å². The first kappa shape index (κ1) is 35.0. The van der Waals surface area contributed by atoms with Gasteiger partial charge in [0.2, 0.25) is 5.91 Å². The lowest BCUT2D eigenvalue weighted by Crippen LogP contribution is -2.57. The van der Waals surface area contributed by atoms with Crippen molar-refractivity contribution >= 4 is 17.9 Å². The average Bonchev–Trinajstić information content (AvgIpc) is 2.92. The second-order valence-corrected chi connectivity index (χ2v) is 12.0. The number of rotatable bonds is 14. The topological polar surface area (TPSA) is 162 Å². The van der Waals surface area contributed by atoms with Crippen LogP contribution in [0.2, 0.25) is 0 Å². The van der Waals surface area contributed by atoms with E-state index in [4.69, 9.17) is 10.5 Å². The van der Waals surface area contributed by atoms with Crippen LogP contribution in [-0.2, 0) is 27.2 Å². The molecule has 0 saturated heterocycles. The van der Waals surface area contributed by atoms with Gasteiger partial charge in [-0.3, -0.25) is 9.59 Å². The predicted molar refractivity (Wildman–Crippen MR) is 160 cm³/mol. The van der Waals surface area contributed by atoms with E-state index in [1.807, 2.05) is 60.7 Å². The molecule has 0 aliphatic rings. The molecular weight excluding hydrogens is 538 g/mol. The quantitative estimate of drug-likeness (QED) is 0.224. The van der Waals surface area contributed by atoms with E-state index >= 15 is 0 Å². The highest BCUT2D eigenvalue weighted by molar-refractivity contribution is 6.11. The van der Waals surface area contributed by atoms with Gasteiger partial charge < -0.3 is 31.1 Å². The van der Waals surface area contributed by atoms with Crippen LogP contribution in [0.25, 0.3) is 0 Å². The number of nitrogens with zero attached hydrogens (tertiary/aromatic N) is 1. The lowest BCUT2D eigenvalue weighted by Gasteiger charge is -2.32. The van der Waals surface area contributed by atoms with E-state index in [0.29, 0.717) is 11.3 Å². The summed E-state index contributed by atoms with van der Waals surface area (Å²) < 4.78 is 5.49. The van der Waals surface area contributed by atoms with Crippen molar-refractivity contribution in [2.24, 2.45) is 17.6 Å². The van der Waals surface area contributed by atoms with Gasteiger partial charge in [-0.15, -0.1) is 0 Å². The number of benzene rings is 2. The summed E-state index contributed by atoms with van der Waals surface area (Å²) >= 11 is 0. The average molecular weight is 586 g/mol. The molecule has 232 valence electrons. The fourth-order valence-corrected chi connectivity index (χ4v) is 4.51. The smallest absolute Gasteiger partial charge is 0.424 e. The zero-order valence-electron chi connectivity index (χ0n) is 25.3. The number of hydrogen-bond donors (Lipinski definition) is 5. The largest absolute Gasteiger partial charge is 0.443 e. The van der Waals surface area contributed by atoms with Crippen molar-refractivity contribution in [2.75, 3.05) is 13.2 Å². The molecule has 2 aromatic rings. The number of hydrogen-bond acceptors (Lipinski definition) is 9. The summed E-state index contributed by atoms with van der Waals surface area (Å²) in [5, 5.41) is 33.1. The third-order valence-electron chi connectivity index (χ3n) is 6.74. The Bertz CT molecular complexity index is 1120. The summed E-state index contributed by atoms with van der Waals surface area (Å²) in [7, 11) is 0. The summed E-state index contributed by atoms with van der Waals surface area (Å²) in [5.41, 5.74) is 7.05. The number of carbonyl (C=O) groups is 3. The highest BCUT2D eigenvalue weighted by Crippen LogP contribution is 2.23. The highest BCUT2D eigenvalue weighted by atomic mass is 16.6. The Morgan fingerprint density at radius 2 is 1.43 bits per heavy atom. The van der Waals surface area contributed by atoms with Gasteiger partial charge >= 0.3 is 6.09 Å². The number of amides is 3. The Kier molecular flexibility index (Phi) is 13.8. The summed E-state index contributed by atoms with van der Waals surface area (Å²) in [6.45, 7) is 7.67. The van der Waals surface area contributed by atoms with Crippen molar-refractivity contribution in [2.45, 2.75) is 83.8 Å². The standard InChI is InChI=1S/C32H47N3O7/c1-21(2)28(34-19-25(37)20-36)30(40)35(31(41)42-32(3,4)5)29(39)24(16-22-12-8-6-9-13-22)18-27(38)26(33)17-23-14-10-7-11-15-23/h6-15,21,24-28,34,36-38H,16-20,33H2,1-5H3/t24-,25?,26+,27+,28+/m1/s1. The molecule has 10 heteroatoms. The fourth-order valence-electron chi connectivity index (χ4n) is 4.51. The molecule has 1 unspecified atom stereocenters. The predicted octanol–water partition coefficient (Wildman–Crippen LogP) is 2.42. The van der Waals surface area contributed by atoms with Crippen LogP contribution >= 0.6 is 0 Å². The van der Waals surface area contributed by atoms with E-state index in [9.17, 15) is 29.7 Å². The van der Waals surface area contributed by atoms with Crippen molar-refractivity contribution in [3.05, 3.63) is 71.8 Å². The summed E-state index contributed by atoms with van der Waals surface area (Å²) in [5.74, 6) is -3.05. The molecule has 0 fully saturated rings. The van der Waals surface area contributed by atoms with E-state index in [-0.39, 0.29) is 19.4 Å². The first-order valence-electron chi connectivity index (χ1n) is 14.4. The van der Waals surface area contributed by atoms with Crippen molar-refractivity contribution in [1.82, 2.24) is 10.2 Å². The zero-order valence-corrected chi connectivity index (χ0v) is 25.3. The highest BCUT2D eigenvalue weighted by Gasteiger charge is 2.41. The monoisotopic (exact) mass is 585 g/mol. The molecule has 2 aromatic carbocycles. The molecule has 0 saturated carbocycles. The minimum Gasteiger partial charge on any atom is -0.443 e. The van der Waals surface area contributed by atoms with Gasteiger partial charge in [-0.1, -0.05) is 74.5 Å². The number of nitrogens with one attached hydrogen (secondary N) is 1. The van der Waals surface area contributed by atoms with Gasteiger partial charge in [-0.2, -0.15) is 4.90 Å². The first-order chi connectivity index (χ1) is 19.7. The van der Waals surface area contributed by atoms with Crippen molar-refractivity contribution in [3.63, 3.8) is 0 Å². The number of aliphatic hydroxyl groups is 3. The molecule has 5 atom stereocenters. The molecule has 3 amide bonds. The van der Waals surface area contributed by atoms with Crippen LogP contribution in [0.1, 0.15) is 52.2 Å². The Hall–Kier alpha value is -3.15. The molecule has 0 spiro atoms. The molecule has 0 aliphatic carbocycles. The van der Waals surface area contributed by atoms with Crippen LogP contribution in [0.15, 0.2) is 60.7 Å². The van der Waals surface area contributed by atoms with Gasteiger partial charge in [0.25, 0.3) is 5.91 Å². The van der Waals surface area contributed by atoms with Gasteiger partial charge in [0.15, 0.2) is 0 Å². The Morgan fingerprint density at radius 3 is 1.90 bits per heavy atom. The fraction of sp³-hybridized carbons (Fsp3) is 0.531. The minimum absolute atomic E-state index is 0.0999. The maximum absolute atomic E-state index is 14.2. The molecule has 0 aliphatic heterocycles. The maximum Gasteiger partial charge on any atom is 0.424 e. The van der Waals surface area contributed by atoms with Crippen molar-refractivity contribution < 1.29 is 34.4 Å². The minimum atomic E-state index is -1.14. The molecule has 0 heterocycles. The Labute approximate surface area is 248 Å². The molecule has 42 heavy (non-hydrogen) atoms. The summed E-state index contributed by atoms with van der Waals surface area (Å²) in [6.07, 6.45) is -2.97. The number of ether oxygens (including phenoxy) is 1. The lowest BCUT2D eigenvalue weighted by molar-refractivity contribution is -0.148. The summed E-state index contributed by atoms with van der Waals surface area (Å²) in [6, 6.07) is 16.8. The Morgan fingerprint density at radius 1 is 0.905 bits per heavy atom. The van der Waals surface area contributed by atoms with Crippen LogP contribution < -0.4 is 11.1 Å². The molecule has 0 bridgehead atoms. The van der Waals surface area contributed by atoms with Gasteiger partial charge in [0.1, 0.15) is 5.60 Å². The van der Waals surface area contributed by atoms with E-state index in [1.54, 1.807) is 34.6 Å². The van der Waals surface area contributed by atoms with E-state index in [1.165, 1.54) is 0 Å². The third kappa shape index (κ3) is 11.3. The Balaban J connectivity index is 2.44. The molecule has 10 nitrogen and oxygen atoms in total. The second-order valence-electron chi connectivity index (χ2n) is 12.0. The number of aliphatic hydroxyl groups excluding tert-OH is 3. The first-order valence-corrected chi connectivity index (χ1v) is 14.4. The number of nitrogens with two attached hydrogens (primary N) is 1. The second kappa shape index (κ2) is 16.5. The molecule has 0 radical (unpaired) electrons. The van der Waals surface area contributed by atoms with Gasteiger partial charge in [0.05, 0.1) is 24.9 Å². The number of imide groups is 3. The molecule has 6 N–H and O–H groups in total.